The molecule has 0 heterocycles. The Morgan fingerprint density at radius 3 is 1.41 bits per heavy atom. The second-order valence-corrected chi connectivity index (χ2v) is 18.7. The van der Waals surface area contributed by atoms with Gasteiger partial charge in [-0.3, -0.25) is 13.8 Å². The highest BCUT2D eigenvalue weighted by Gasteiger charge is 2.51. The Morgan fingerprint density at radius 2 is 0.922 bits per heavy atom. The normalized spacial score (nSPS) is 22.2. The molecule has 0 radical (unpaired) electrons. The minimum Gasteiger partial charge on any atom is -0.457 e. The maximum atomic E-state index is 12.8. The molecule has 0 aliphatic heterocycles. The summed E-state index contributed by atoms with van der Waals surface area (Å²) < 4.78 is 34.2. The van der Waals surface area contributed by atoms with Gasteiger partial charge in [0.25, 0.3) is 0 Å². The van der Waals surface area contributed by atoms with E-state index in [9.17, 15) is 39.8 Å². The zero-order chi connectivity index (χ0) is 46.9. The molecule has 6 atom stereocenters. The first-order valence-electron chi connectivity index (χ1n) is 25.1. The standard InChI is InChI=1S/C51H91O12P/c1-3-5-7-9-11-13-15-17-19-20-21-22-23-24-25-27-29-31-33-35-37-39-41-60-42-44(43-61-64(58,59)63-51-49(56)47(54)46(53)48(55)50(51)57)62-45(52)40-38-36-34-32-30-28-26-18-16-14-12-10-8-6-4-2/h6,8,12,14-15,17-18,20-21,26,44,46-51,53-57H,3-5,7,9-11,13,16,19,22-25,27-43H2,1-2H3,(H,58,59)/b8-6-,14-12-,17-15-,21-20-,26-18-. The molecule has 0 saturated heterocycles. The van der Waals surface area contributed by atoms with Crippen LogP contribution in [0.2, 0.25) is 0 Å². The predicted molar refractivity (Wildman–Crippen MR) is 258 cm³/mol. The molecular formula is C51H91O12P. The van der Waals surface area contributed by atoms with E-state index in [1.54, 1.807) is 0 Å². The number of unbranched alkanes of at least 4 members (excludes halogenated alkanes) is 20. The number of hydrogen-bond donors (Lipinski definition) is 6. The van der Waals surface area contributed by atoms with E-state index in [1.807, 2.05) is 0 Å². The summed E-state index contributed by atoms with van der Waals surface area (Å²) in [6, 6.07) is 0. The van der Waals surface area contributed by atoms with Crippen LogP contribution in [0, 0.1) is 0 Å². The van der Waals surface area contributed by atoms with Crippen molar-refractivity contribution in [1.82, 2.24) is 0 Å². The van der Waals surface area contributed by atoms with Gasteiger partial charge in [-0.25, -0.2) is 4.57 Å². The second-order valence-electron chi connectivity index (χ2n) is 17.3. The molecule has 0 spiro atoms. The number of carbonyl (C=O) groups excluding carboxylic acids is 1. The van der Waals surface area contributed by atoms with Crippen LogP contribution in [0.5, 0.6) is 0 Å². The SMILES string of the molecule is CC/C=C\C/C=C\C/C=C\CCCCCCCC(=O)OC(COCCCCCCCCCCCC/C=C\C/C=C\CCCCCCC)COP(=O)(O)OC1C(O)C(O)C(O)C(O)C1O. The highest BCUT2D eigenvalue weighted by Crippen LogP contribution is 2.47. The van der Waals surface area contributed by atoms with Crippen LogP contribution in [-0.4, -0.2) is 98.9 Å². The van der Waals surface area contributed by atoms with Crippen LogP contribution in [0.25, 0.3) is 0 Å². The van der Waals surface area contributed by atoms with E-state index in [0.29, 0.717) is 13.0 Å². The van der Waals surface area contributed by atoms with E-state index >= 15 is 0 Å². The Balaban J connectivity index is 2.35. The van der Waals surface area contributed by atoms with Gasteiger partial charge in [-0.15, -0.1) is 0 Å². The molecule has 0 aromatic heterocycles. The summed E-state index contributed by atoms with van der Waals surface area (Å²) in [5.41, 5.74) is 0. The molecule has 6 N–H and O–H groups in total. The summed E-state index contributed by atoms with van der Waals surface area (Å²) in [5, 5.41) is 50.3. The molecule has 1 fully saturated rings. The van der Waals surface area contributed by atoms with E-state index in [1.165, 1.54) is 83.5 Å². The first kappa shape index (κ1) is 60.1. The molecule has 1 rings (SSSR count). The minimum atomic E-state index is -5.03. The number of phosphoric acid groups is 1. The number of aliphatic hydroxyl groups excluding tert-OH is 5. The fourth-order valence-corrected chi connectivity index (χ4v) is 8.37. The van der Waals surface area contributed by atoms with Gasteiger partial charge >= 0.3 is 13.8 Å². The van der Waals surface area contributed by atoms with Gasteiger partial charge in [-0.05, 0) is 77.0 Å². The quantitative estimate of drug-likeness (QED) is 0.0147. The monoisotopic (exact) mass is 927 g/mol. The van der Waals surface area contributed by atoms with Crippen molar-refractivity contribution in [2.24, 2.45) is 0 Å². The van der Waals surface area contributed by atoms with Gasteiger partial charge in [0.2, 0.25) is 0 Å². The molecule has 0 bridgehead atoms. The van der Waals surface area contributed by atoms with Crippen LogP contribution < -0.4 is 0 Å². The van der Waals surface area contributed by atoms with Gasteiger partial charge in [0, 0.05) is 13.0 Å². The Labute approximate surface area is 387 Å². The molecule has 372 valence electrons. The molecule has 1 saturated carbocycles. The molecule has 6 unspecified atom stereocenters. The zero-order valence-corrected chi connectivity index (χ0v) is 40.7. The van der Waals surface area contributed by atoms with Gasteiger partial charge < -0.3 is 39.9 Å². The molecule has 13 heteroatoms. The van der Waals surface area contributed by atoms with E-state index in [-0.39, 0.29) is 13.0 Å². The third-order valence-corrected chi connectivity index (χ3v) is 12.4. The summed E-state index contributed by atoms with van der Waals surface area (Å²) >= 11 is 0. The van der Waals surface area contributed by atoms with Crippen molar-refractivity contribution in [2.75, 3.05) is 19.8 Å². The minimum absolute atomic E-state index is 0.0879. The van der Waals surface area contributed by atoms with Crippen LogP contribution in [0.4, 0.5) is 0 Å². The number of aliphatic hydroxyl groups is 5. The largest absolute Gasteiger partial charge is 0.472 e. The van der Waals surface area contributed by atoms with Crippen LogP contribution in [0.3, 0.4) is 0 Å². The van der Waals surface area contributed by atoms with Crippen molar-refractivity contribution >= 4 is 13.8 Å². The lowest BCUT2D eigenvalue weighted by molar-refractivity contribution is -0.220. The fourth-order valence-electron chi connectivity index (χ4n) is 7.40. The third kappa shape index (κ3) is 32.7. The summed E-state index contributed by atoms with van der Waals surface area (Å²) in [7, 11) is -5.03. The highest BCUT2D eigenvalue weighted by atomic mass is 31.2. The average Bonchev–Trinajstić information content (AvgIpc) is 3.28. The van der Waals surface area contributed by atoms with Crippen molar-refractivity contribution in [3.8, 4) is 0 Å². The summed E-state index contributed by atoms with van der Waals surface area (Å²) in [6.45, 7) is 4.12. The molecule has 1 aliphatic carbocycles. The van der Waals surface area contributed by atoms with E-state index < -0.39 is 63.1 Å². The Morgan fingerprint density at radius 1 is 0.516 bits per heavy atom. The molecule has 64 heavy (non-hydrogen) atoms. The lowest BCUT2D eigenvalue weighted by atomic mass is 9.85. The first-order valence-corrected chi connectivity index (χ1v) is 26.6. The number of ether oxygens (including phenoxy) is 2. The fraction of sp³-hybridized carbons (Fsp3) is 0.784. The lowest BCUT2D eigenvalue weighted by Crippen LogP contribution is -2.64. The highest BCUT2D eigenvalue weighted by molar-refractivity contribution is 7.47. The number of esters is 1. The molecule has 1 aliphatic rings. The lowest BCUT2D eigenvalue weighted by Gasteiger charge is -2.41. The van der Waals surface area contributed by atoms with Crippen molar-refractivity contribution < 1.29 is 58.3 Å². The van der Waals surface area contributed by atoms with Crippen LogP contribution in [-0.2, 0) is 27.9 Å². The van der Waals surface area contributed by atoms with Crippen molar-refractivity contribution in [2.45, 2.75) is 236 Å². The van der Waals surface area contributed by atoms with Gasteiger partial charge in [-0.2, -0.15) is 0 Å². The number of rotatable bonds is 42. The Hall–Kier alpha value is -1.96. The van der Waals surface area contributed by atoms with E-state index in [0.717, 1.165) is 83.5 Å². The van der Waals surface area contributed by atoms with E-state index in [2.05, 4.69) is 74.6 Å². The first-order chi connectivity index (χ1) is 31.0. The Bertz CT molecular complexity index is 1290. The van der Waals surface area contributed by atoms with Gasteiger partial charge in [-0.1, -0.05) is 171 Å². The molecule has 0 aromatic rings. The van der Waals surface area contributed by atoms with Crippen molar-refractivity contribution in [3.05, 3.63) is 60.8 Å². The van der Waals surface area contributed by atoms with Crippen LogP contribution in [0.1, 0.15) is 194 Å². The van der Waals surface area contributed by atoms with Crippen molar-refractivity contribution in [3.63, 3.8) is 0 Å². The van der Waals surface area contributed by atoms with Crippen LogP contribution >= 0.6 is 7.82 Å². The number of phosphoric ester groups is 1. The van der Waals surface area contributed by atoms with Gasteiger partial charge in [0.15, 0.2) is 0 Å². The number of allylic oxidation sites excluding steroid dienone is 10. The number of hydrogen-bond acceptors (Lipinski definition) is 11. The maximum Gasteiger partial charge on any atom is 0.472 e. The smallest absolute Gasteiger partial charge is 0.457 e. The predicted octanol–water partition coefficient (Wildman–Crippen LogP) is 11.0. The number of carbonyl (C=O) groups is 1. The maximum absolute atomic E-state index is 12.8. The van der Waals surface area contributed by atoms with Crippen molar-refractivity contribution in [1.29, 1.82) is 0 Å². The zero-order valence-electron chi connectivity index (χ0n) is 39.8. The molecule has 12 nitrogen and oxygen atoms in total. The van der Waals surface area contributed by atoms with Gasteiger partial charge in [0.05, 0.1) is 13.2 Å². The van der Waals surface area contributed by atoms with Gasteiger partial charge in [0.1, 0.15) is 42.7 Å². The summed E-state index contributed by atoms with van der Waals surface area (Å²) in [5.74, 6) is -0.496. The summed E-state index contributed by atoms with van der Waals surface area (Å²) in [6.07, 6.45) is 40.0. The molecular weight excluding hydrogens is 836 g/mol. The summed E-state index contributed by atoms with van der Waals surface area (Å²) in [4.78, 5) is 23.2. The molecule has 0 aromatic carbocycles. The van der Waals surface area contributed by atoms with E-state index in [4.69, 9.17) is 18.5 Å². The molecule has 0 amide bonds. The third-order valence-electron chi connectivity index (χ3n) is 11.4. The average molecular weight is 927 g/mol. The second kappa shape index (κ2) is 41.2. The Kier molecular flexibility index (Phi) is 38.7. The van der Waals surface area contributed by atoms with Crippen LogP contribution in [0.15, 0.2) is 60.8 Å². The topological polar surface area (TPSA) is 192 Å².